The molecule has 642 valence electrons. The van der Waals surface area contributed by atoms with Gasteiger partial charge in [0.25, 0.3) is 0 Å². The molecule has 0 amide bonds. The molecule has 35 nitrogen and oxygen atoms in total. The predicted octanol–water partition coefficient (Wildman–Crippen LogP) is 6.85. The van der Waals surface area contributed by atoms with E-state index in [1.807, 2.05) is 11.8 Å². The maximum absolute atomic E-state index is 16.2. The number of alkyl halides is 6. The first-order chi connectivity index (χ1) is 57.8. The molecule has 3 aliphatic heterocycles. The number of aromatic nitrogens is 8. The predicted molar refractivity (Wildman–Crippen MR) is 404 cm³/mol. The Bertz CT molecular complexity index is 5070. The summed E-state index contributed by atoms with van der Waals surface area (Å²) in [4.78, 5) is 88.0. The number of hydrogen-bond acceptors (Lipinski definition) is 32. The summed E-state index contributed by atoms with van der Waals surface area (Å²) in [5, 5.41) is 36.2. The molecule has 0 spiro atoms. The second kappa shape index (κ2) is 42.0. The molecule has 3 unspecified atom stereocenters. The van der Waals surface area contributed by atoms with Crippen molar-refractivity contribution in [3.63, 3.8) is 0 Å². The molecule has 45 heteroatoms. The third kappa shape index (κ3) is 25.2. The van der Waals surface area contributed by atoms with Gasteiger partial charge in [-0.25, -0.2) is 63.8 Å². The molecule has 6 heterocycles. The SMILES string of the molecule is [2H]C([2H])(O[P@@](=O)(C[C@@H](C)C(=O)OC(C)C)Oc1ccccc1)[C@H]1O[C@@H](n2cc(F)c(N)nc2=O)C(F)(C#CCF)[C@H]1O.[2H]C([2H])(O[P@@](=O)(C[C@@H](C)C(=O)OC(C)C)Oc1ccccc1)[C@H]1O[C@@H](n2cnc(N)nc2=O)C(F)(C#CCF)[C@H]1O.[2H]C([2H])(O[P@@](=O)(C[C@@H](C)C(=O)OC(C)C)Oc1ccccc1)[C@H]1O[C@@H](n2ncc(N)nc2=O)C(F)(C#CCF)[C@H]1O. The van der Waals surface area contributed by atoms with Crippen molar-refractivity contribution >= 4 is 58.3 Å². The van der Waals surface area contributed by atoms with Gasteiger partial charge in [0.2, 0.25) is 29.2 Å². The minimum Gasteiger partial charge on any atom is -0.463 e. The van der Waals surface area contributed by atoms with E-state index in [1.54, 1.807) is 83.4 Å². The summed E-state index contributed by atoms with van der Waals surface area (Å²) in [7, 11) is -14.0. The van der Waals surface area contributed by atoms with E-state index in [0.29, 0.717) is 15.4 Å². The van der Waals surface area contributed by atoms with Crippen LogP contribution in [0.25, 0.3) is 0 Å². The molecule has 3 aromatic heterocycles. The summed E-state index contributed by atoms with van der Waals surface area (Å²) in [6.07, 6.45) is -23.3. The van der Waals surface area contributed by atoms with Gasteiger partial charge in [-0.15, -0.1) is 0 Å². The van der Waals surface area contributed by atoms with Crippen LogP contribution in [0.2, 0.25) is 0 Å². The fraction of sp³-hybridized carbons (Fsp3) is 0.493. The van der Waals surface area contributed by atoms with Crippen LogP contribution in [0.4, 0.5) is 48.3 Å². The number of hydrogen-bond donors (Lipinski definition) is 6. The van der Waals surface area contributed by atoms with Crippen molar-refractivity contribution in [1.29, 1.82) is 0 Å². The molecule has 9 rings (SSSR count). The zero-order chi connectivity index (χ0) is 92.6. The van der Waals surface area contributed by atoms with Gasteiger partial charge in [-0.1, -0.05) is 111 Å². The summed E-state index contributed by atoms with van der Waals surface area (Å²) in [5.41, 5.74) is 2.18. The van der Waals surface area contributed by atoms with Crippen molar-refractivity contribution in [3.8, 4) is 52.8 Å². The first kappa shape index (κ1) is 85.8. The van der Waals surface area contributed by atoms with E-state index in [9.17, 15) is 75.3 Å². The van der Waals surface area contributed by atoms with Gasteiger partial charge in [0.15, 0.2) is 24.1 Å². The number of benzene rings is 3. The Labute approximate surface area is 678 Å². The van der Waals surface area contributed by atoms with Crippen LogP contribution in [0.1, 0.15) is 89.2 Å². The van der Waals surface area contributed by atoms with Gasteiger partial charge in [0.05, 0.1) is 94.8 Å². The molecule has 0 aliphatic carbocycles. The Morgan fingerprint density at radius 3 is 1.19 bits per heavy atom. The number of para-hydroxylation sites is 3. The molecule has 18 atom stereocenters. The number of carbonyl (C=O) groups is 3. The number of nitrogens with zero attached hydrogens (tertiary/aromatic N) is 8. The summed E-state index contributed by atoms with van der Waals surface area (Å²) in [6, 6.07) is 22.3. The highest BCUT2D eigenvalue weighted by Gasteiger charge is 2.62. The van der Waals surface area contributed by atoms with Crippen LogP contribution in [0.5, 0.6) is 17.2 Å². The van der Waals surface area contributed by atoms with Crippen LogP contribution in [-0.4, -0.2) is 202 Å². The van der Waals surface area contributed by atoms with Gasteiger partial charge >= 0.3 is 57.8 Å². The minimum atomic E-state index is -4.72. The van der Waals surface area contributed by atoms with E-state index in [0.717, 1.165) is 12.5 Å². The van der Waals surface area contributed by atoms with Crippen LogP contribution in [-0.2, 0) is 70.1 Å². The lowest BCUT2D eigenvalue weighted by Crippen LogP contribution is -2.45. The second-order valence-electron chi connectivity index (χ2n) is 26.5. The highest BCUT2D eigenvalue weighted by atomic mass is 31.2. The number of rotatable bonds is 30. The molecular formula is C73H87F7N11O24P3. The normalized spacial score (nSPS) is 25.9. The summed E-state index contributed by atoms with van der Waals surface area (Å²) < 4.78 is 259. The third-order valence-corrected chi connectivity index (χ3v) is 21.5. The molecule has 118 heavy (non-hydrogen) atoms. The van der Waals surface area contributed by atoms with Gasteiger partial charge < -0.3 is 74.5 Å². The number of halogens is 7. The average molecular weight is 1730 g/mol. The van der Waals surface area contributed by atoms with E-state index in [-0.39, 0.29) is 27.6 Å². The van der Waals surface area contributed by atoms with Gasteiger partial charge in [0.1, 0.15) is 86.0 Å². The molecule has 0 bridgehead atoms. The number of esters is 3. The van der Waals surface area contributed by atoms with Crippen molar-refractivity contribution in [2.24, 2.45) is 17.8 Å². The number of nitrogen functional groups attached to an aromatic ring is 3. The fourth-order valence-electron chi connectivity index (χ4n) is 10.5. The van der Waals surface area contributed by atoms with Gasteiger partial charge in [0, 0.05) is 0 Å². The monoisotopic (exact) mass is 1730 g/mol. The molecular weight excluding hydrogens is 1640 g/mol. The molecule has 3 saturated heterocycles. The number of ether oxygens (including phenoxy) is 6. The maximum atomic E-state index is 16.2. The van der Waals surface area contributed by atoms with E-state index < -0.39 is 242 Å². The molecule has 3 fully saturated rings. The van der Waals surface area contributed by atoms with E-state index in [4.69, 9.17) is 81.0 Å². The van der Waals surface area contributed by atoms with Crippen molar-refractivity contribution < 1.29 is 138 Å². The maximum Gasteiger partial charge on any atom is 0.380 e. The second-order valence-corrected chi connectivity index (χ2v) is 32.4. The largest absolute Gasteiger partial charge is 0.463 e. The Kier molecular flexibility index (Phi) is 30.5. The van der Waals surface area contributed by atoms with Gasteiger partial charge in [-0.3, -0.25) is 37.1 Å². The fourth-order valence-corrected chi connectivity index (χ4v) is 15.7. The smallest absolute Gasteiger partial charge is 0.380 e. The zero-order valence-corrected chi connectivity index (χ0v) is 66.7. The minimum absolute atomic E-state index is 0.0129. The molecule has 9 N–H and O–H groups in total. The third-order valence-electron chi connectivity index (χ3n) is 15.9. The lowest BCUT2D eigenvalue weighted by Gasteiger charge is -2.25. The van der Waals surface area contributed by atoms with E-state index >= 15 is 13.2 Å². The first-order valence-corrected chi connectivity index (χ1v) is 40.4. The lowest BCUT2D eigenvalue weighted by molar-refractivity contribution is -0.152. The van der Waals surface area contributed by atoms with Crippen molar-refractivity contribution in [3.05, 3.63) is 147 Å². The van der Waals surface area contributed by atoms with E-state index in [1.165, 1.54) is 93.6 Å². The molecule has 6 aromatic rings. The van der Waals surface area contributed by atoms with E-state index in [2.05, 4.69) is 25.0 Å². The number of nitrogens with two attached hydrogens (primary N) is 3. The number of aliphatic hydroxyl groups is 3. The van der Waals surface area contributed by atoms with Crippen molar-refractivity contribution in [2.45, 2.75) is 153 Å². The van der Waals surface area contributed by atoms with Crippen LogP contribution in [0, 0.1) is 59.1 Å². The Hall–Kier alpha value is -10.1. The first-order valence-electron chi connectivity index (χ1n) is 38.2. The molecule has 0 radical (unpaired) electrons. The van der Waals surface area contributed by atoms with Gasteiger partial charge in [-0.2, -0.15) is 24.7 Å². The summed E-state index contributed by atoms with van der Waals surface area (Å²) >= 11 is 0. The molecule has 3 aromatic carbocycles. The Morgan fingerprint density at radius 1 is 0.525 bits per heavy atom. The number of carbonyl (C=O) groups excluding carboxylic acids is 3. The van der Waals surface area contributed by atoms with Crippen LogP contribution < -0.4 is 47.8 Å². The van der Waals surface area contributed by atoms with Gasteiger partial charge in [-0.05, 0) is 77.9 Å². The number of aliphatic hydroxyl groups excluding tert-OH is 3. The standard InChI is InChI=1S/C25H29F3N3O8P.2C24H29F2N4O8P/c1-15(2)37-22(33)16(3)14-40(35,39-17-8-5-4-6-9-17)36-13-19-20(32)25(28,10-7-11-26)23(38-19)31-12-18(27)21(29)30-24(31)34;1-15(2)36-21(32)16(3)14-39(34,38-17-8-5-4-6-9-17)35-13-18-20(31)24(26,10-7-11-25)22(37-18)30-23(33)29-19(27)12-28-30;1-15(2)36-20(32)16(3)13-39(34,38-17-8-5-4-6-9-17)35-12-18-19(31)24(26,10-7-11-25)21(37-18)30-14-28-22(27)29-23(30)33/h4-6,8-9,12,15-16,19-20,23,32H,11,13-14H2,1-3H3,(H2,29,30,34);4-6,8-9,12,15-16,18,20,22,31H,11,13-14H2,1-3H3,(H2,27,29,33);4-6,8-9,14-16,18-19,21,31H,11-13H2,1-3H3,(H2,27,29,33)/t16-,19-,20+,23-,25?,40+;16-,18-,20+,22-,24?,39+;16-,18-,19+,21-,24?,39+/m111/s1/i2*13D2;12D2. The lowest BCUT2D eigenvalue weighted by atomic mass is 9.96. The van der Waals surface area contributed by atoms with Crippen LogP contribution >= 0.6 is 22.8 Å². The Morgan fingerprint density at radius 2 is 0.856 bits per heavy atom. The van der Waals surface area contributed by atoms with Crippen molar-refractivity contribution in [1.82, 2.24) is 38.9 Å². The Balaban J connectivity index is 0.000000256. The van der Waals surface area contributed by atoms with Crippen molar-refractivity contribution in [2.75, 3.05) is 75.4 Å². The van der Waals surface area contributed by atoms with Crippen LogP contribution in [0.3, 0.4) is 0 Å². The molecule has 0 saturated carbocycles. The highest BCUT2D eigenvalue weighted by molar-refractivity contribution is 7.55. The zero-order valence-electron chi connectivity index (χ0n) is 70.0. The summed E-state index contributed by atoms with van der Waals surface area (Å²) in [5.74, 6) is 1.94. The number of anilines is 3. The van der Waals surface area contributed by atoms with Crippen LogP contribution in [0.15, 0.2) is 124 Å². The average Bonchev–Trinajstić information content (AvgIpc) is 1.79. The summed E-state index contributed by atoms with van der Waals surface area (Å²) in [6.45, 7) is -0.543. The topological polar surface area (TPSA) is 482 Å². The quantitative estimate of drug-likeness (QED) is 0.00882. The molecule has 3 aliphatic rings. The highest BCUT2D eigenvalue weighted by Crippen LogP contribution is 2.55.